The van der Waals surface area contributed by atoms with Gasteiger partial charge in [0, 0.05) is 32.7 Å². The quantitative estimate of drug-likeness (QED) is 0.495. The van der Waals surface area contributed by atoms with Crippen molar-refractivity contribution >= 4 is 5.91 Å². The summed E-state index contributed by atoms with van der Waals surface area (Å²) in [5.41, 5.74) is 2.52. The van der Waals surface area contributed by atoms with Crippen molar-refractivity contribution < 1.29 is 23.4 Å². The highest BCUT2D eigenvalue weighted by Gasteiger charge is 2.24. The fourth-order valence-corrected chi connectivity index (χ4v) is 4.03. The summed E-state index contributed by atoms with van der Waals surface area (Å²) in [6.07, 6.45) is 0. The molecule has 1 aliphatic heterocycles. The van der Waals surface area contributed by atoms with Crippen LogP contribution in [0.25, 0.3) is 0 Å². The van der Waals surface area contributed by atoms with Gasteiger partial charge >= 0.3 is 0 Å². The Morgan fingerprint density at radius 2 is 1.50 bits per heavy atom. The highest BCUT2D eigenvalue weighted by Crippen LogP contribution is 2.28. The zero-order chi connectivity index (χ0) is 23.9. The Labute approximate surface area is 199 Å². The number of ether oxygens (including phenoxy) is 3. The Bertz CT molecular complexity index is 1110. The average Bonchev–Trinajstić information content (AvgIpc) is 2.88. The van der Waals surface area contributed by atoms with Crippen LogP contribution in [0.3, 0.4) is 0 Å². The van der Waals surface area contributed by atoms with E-state index < -0.39 is 0 Å². The van der Waals surface area contributed by atoms with E-state index >= 15 is 0 Å². The first-order chi connectivity index (χ1) is 16.6. The van der Waals surface area contributed by atoms with E-state index in [2.05, 4.69) is 4.90 Å². The predicted molar refractivity (Wildman–Crippen MR) is 128 cm³/mol. The van der Waals surface area contributed by atoms with Gasteiger partial charge in [0.2, 0.25) is 0 Å². The number of rotatable bonds is 8. The summed E-state index contributed by atoms with van der Waals surface area (Å²) in [5.74, 6) is 1.63. The SMILES string of the molecule is COc1ccc(CN2CCN(C(=O)c3ccccc3OCc3ccc(F)cc3)CC2)cc1OC. The standard InChI is InChI=1S/C27H29FN2O4/c1-32-25-12-9-21(17-26(25)33-2)18-29-13-15-30(16-14-29)27(31)23-5-3-4-6-24(23)34-19-20-7-10-22(28)11-8-20/h3-12,17H,13-16,18-19H2,1-2H3. The molecule has 6 nitrogen and oxygen atoms in total. The molecule has 4 rings (SSSR count). The summed E-state index contributed by atoms with van der Waals surface area (Å²) in [6.45, 7) is 3.87. The number of halogens is 1. The highest BCUT2D eigenvalue weighted by atomic mass is 19.1. The van der Waals surface area contributed by atoms with Crippen molar-refractivity contribution in [2.24, 2.45) is 0 Å². The minimum Gasteiger partial charge on any atom is -0.493 e. The molecule has 1 aliphatic rings. The number of hydrogen-bond donors (Lipinski definition) is 0. The zero-order valence-corrected chi connectivity index (χ0v) is 19.5. The average molecular weight is 465 g/mol. The summed E-state index contributed by atoms with van der Waals surface area (Å²) < 4.78 is 29.8. The van der Waals surface area contributed by atoms with Crippen molar-refractivity contribution in [2.75, 3.05) is 40.4 Å². The number of nitrogens with zero attached hydrogens (tertiary/aromatic N) is 2. The Hall–Kier alpha value is -3.58. The van der Waals surface area contributed by atoms with Crippen molar-refractivity contribution in [3.05, 3.63) is 89.2 Å². The number of para-hydroxylation sites is 1. The van der Waals surface area contributed by atoms with Crippen molar-refractivity contribution in [3.8, 4) is 17.2 Å². The predicted octanol–water partition coefficient (Wildman–Crippen LogP) is 4.38. The number of benzene rings is 3. The molecule has 178 valence electrons. The van der Waals surface area contributed by atoms with Gasteiger partial charge in [0.1, 0.15) is 18.2 Å². The Balaban J connectivity index is 1.35. The second kappa shape index (κ2) is 11.0. The minimum absolute atomic E-state index is 0.0412. The number of carbonyl (C=O) groups excluding carboxylic acids is 1. The number of hydrogen-bond acceptors (Lipinski definition) is 5. The van der Waals surface area contributed by atoms with E-state index in [0.29, 0.717) is 35.9 Å². The Morgan fingerprint density at radius 3 is 2.21 bits per heavy atom. The van der Waals surface area contributed by atoms with Crippen LogP contribution < -0.4 is 14.2 Å². The molecule has 0 spiro atoms. The smallest absolute Gasteiger partial charge is 0.257 e. The lowest BCUT2D eigenvalue weighted by atomic mass is 10.1. The maximum atomic E-state index is 13.2. The van der Waals surface area contributed by atoms with Crippen LogP contribution in [-0.4, -0.2) is 56.1 Å². The second-order valence-corrected chi connectivity index (χ2v) is 8.17. The van der Waals surface area contributed by atoms with Crippen molar-refractivity contribution in [1.82, 2.24) is 9.80 Å². The van der Waals surface area contributed by atoms with E-state index in [4.69, 9.17) is 14.2 Å². The first-order valence-electron chi connectivity index (χ1n) is 11.3. The van der Waals surface area contributed by atoms with Gasteiger partial charge in [-0.25, -0.2) is 4.39 Å². The third kappa shape index (κ3) is 5.66. The van der Waals surface area contributed by atoms with Crippen molar-refractivity contribution in [2.45, 2.75) is 13.2 Å². The van der Waals surface area contributed by atoms with Crippen LogP contribution in [-0.2, 0) is 13.2 Å². The van der Waals surface area contributed by atoms with Crippen LogP contribution in [0, 0.1) is 5.82 Å². The van der Waals surface area contributed by atoms with Crippen LogP contribution >= 0.6 is 0 Å². The summed E-state index contributed by atoms with van der Waals surface area (Å²) in [4.78, 5) is 17.4. The molecule has 1 saturated heterocycles. The highest BCUT2D eigenvalue weighted by molar-refractivity contribution is 5.97. The van der Waals surface area contributed by atoms with Gasteiger partial charge in [0.05, 0.1) is 19.8 Å². The molecule has 0 bridgehead atoms. The summed E-state index contributed by atoms with van der Waals surface area (Å²) in [7, 11) is 3.26. The lowest BCUT2D eigenvalue weighted by molar-refractivity contribution is 0.0624. The Morgan fingerprint density at radius 1 is 0.824 bits per heavy atom. The van der Waals surface area contributed by atoms with E-state index in [1.54, 1.807) is 38.5 Å². The Kier molecular flexibility index (Phi) is 7.65. The summed E-state index contributed by atoms with van der Waals surface area (Å²) in [6, 6.07) is 19.4. The zero-order valence-electron chi connectivity index (χ0n) is 19.5. The third-order valence-electron chi connectivity index (χ3n) is 5.94. The van der Waals surface area contributed by atoms with E-state index in [1.807, 2.05) is 35.2 Å². The molecule has 7 heteroatoms. The van der Waals surface area contributed by atoms with E-state index in [0.717, 1.165) is 30.8 Å². The van der Waals surface area contributed by atoms with E-state index in [1.165, 1.54) is 12.1 Å². The number of amides is 1. The molecular formula is C27H29FN2O4. The third-order valence-corrected chi connectivity index (χ3v) is 5.94. The van der Waals surface area contributed by atoms with Gasteiger partial charge in [-0.1, -0.05) is 30.3 Å². The van der Waals surface area contributed by atoms with Crippen LogP contribution in [0.5, 0.6) is 17.2 Å². The van der Waals surface area contributed by atoms with Gasteiger partial charge in [0.15, 0.2) is 11.5 Å². The molecule has 0 radical (unpaired) electrons. The van der Waals surface area contributed by atoms with Gasteiger partial charge in [-0.3, -0.25) is 9.69 Å². The first-order valence-corrected chi connectivity index (χ1v) is 11.3. The van der Waals surface area contributed by atoms with Crippen molar-refractivity contribution in [3.63, 3.8) is 0 Å². The molecular weight excluding hydrogens is 435 g/mol. The van der Waals surface area contributed by atoms with Gasteiger partial charge in [0.25, 0.3) is 5.91 Å². The van der Waals surface area contributed by atoms with Gasteiger partial charge < -0.3 is 19.1 Å². The van der Waals surface area contributed by atoms with E-state index in [-0.39, 0.29) is 18.3 Å². The van der Waals surface area contributed by atoms with E-state index in [9.17, 15) is 9.18 Å². The molecule has 0 saturated carbocycles. The number of methoxy groups -OCH3 is 2. The maximum absolute atomic E-state index is 13.2. The monoisotopic (exact) mass is 464 g/mol. The number of piperazine rings is 1. The van der Waals surface area contributed by atoms with Crippen LogP contribution in [0.4, 0.5) is 4.39 Å². The first kappa shape index (κ1) is 23.6. The second-order valence-electron chi connectivity index (χ2n) is 8.17. The van der Waals surface area contributed by atoms with Crippen molar-refractivity contribution in [1.29, 1.82) is 0 Å². The fraction of sp³-hybridized carbons (Fsp3) is 0.296. The molecule has 0 unspecified atom stereocenters. The molecule has 1 fully saturated rings. The topological polar surface area (TPSA) is 51.2 Å². The van der Waals surface area contributed by atoms with Gasteiger partial charge in [-0.15, -0.1) is 0 Å². The van der Waals surface area contributed by atoms with Crippen LogP contribution in [0.15, 0.2) is 66.7 Å². The molecule has 3 aromatic carbocycles. The van der Waals surface area contributed by atoms with Crippen LogP contribution in [0.2, 0.25) is 0 Å². The fourth-order valence-electron chi connectivity index (χ4n) is 4.03. The normalized spacial score (nSPS) is 14.0. The maximum Gasteiger partial charge on any atom is 0.257 e. The molecule has 34 heavy (non-hydrogen) atoms. The molecule has 0 aromatic heterocycles. The molecule has 1 heterocycles. The molecule has 3 aromatic rings. The van der Waals surface area contributed by atoms with Gasteiger partial charge in [-0.05, 0) is 47.5 Å². The largest absolute Gasteiger partial charge is 0.493 e. The lowest BCUT2D eigenvalue weighted by Crippen LogP contribution is -2.48. The minimum atomic E-state index is -0.287. The lowest BCUT2D eigenvalue weighted by Gasteiger charge is -2.35. The molecule has 0 atom stereocenters. The summed E-state index contributed by atoms with van der Waals surface area (Å²) >= 11 is 0. The molecule has 0 N–H and O–H groups in total. The summed E-state index contributed by atoms with van der Waals surface area (Å²) in [5, 5.41) is 0. The van der Waals surface area contributed by atoms with Gasteiger partial charge in [-0.2, -0.15) is 0 Å². The van der Waals surface area contributed by atoms with Crippen LogP contribution in [0.1, 0.15) is 21.5 Å². The molecule has 0 aliphatic carbocycles. The number of carbonyl (C=O) groups is 1. The molecule has 1 amide bonds.